The Morgan fingerprint density at radius 3 is 2.58 bits per heavy atom. The Hall–Kier alpha value is -1.45. The molecule has 0 saturated carbocycles. The third kappa shape index (κ3) is 3.11. The third-order valence-electron chi connectivity index (χ3n) is 4.01. The Bertz CT molecular complexity index is 452. The maximum absolute atomic E-state index is 12.6. The van der Waals surface area contributed by atoms with Gasteiger partial charge in [0.05, 0.1) is 5.69 Å². The lowest BCUT2D eigenvalue weighted by atomic mass is 9.82. The van der Waals surface area contributed by atoms with Crippen molar-refractivity contribution in [2.24, 2.45) is 5.41 Å². The van der Waals surface area contributed by atoms with Crippen LogP contribution in [0.5, 0.6) is 0 Å². The standard InChI is InChI=1S/C15H25N3O/c1-4-7-18-11-12(16)10-13(18)14(19)17-8-5-15(2,3)6-9-17/h10-11H,4-9,16H2,1-3H3. The number of hydrogen-bond acceptors (Lipinski definition) is 2. The number of aryl methyl sites for hydroxylation is 1. The molecule has 1 aromatic rings. The van der Waals surface area contributed by atoms with Crippen molar-refractivity contribution in [3.05, 3.63) is 18.0 Å². The first-order valence-corrected chi connectivity index (χ1v) is 7.18. The molecule has 1 amide bonds. The van der Waals surface area contributed by atoms with E-state index in [1.165, 1.54) is 0 Å². The van der Waals surface area contributed by atoms with E-state index in [2.05, 4.69) is 20.8 Å². The predicted molar refractivity (Wildman–Crippen MR) is 78.1 cm³/mol. The molecule has 2 heterocycles. The van der Waals surface area contributed by atoms with Gasteiger partial charge in [0.25, 0.3) is 5.91 Å². The SMILES string of the molecule is CCCn1cc(N)cc1C(=O)N1CCC(C)(C)CC1. The first-order valence-electron chi connectivity index (χ1n) is 7.18. The summed E-state index contributed by atoms with van der Waals surface area (Å²) in [6.07, 6.45) is 5.01. The van der Waals surface area contributed by atoms with Gasteiger partial charge >= 0.3 is 0 Å². The van der Waals surface area contributed by atoms with Crippen molar-refractivity contribution < 1.29 is 4.79 Å². The van der Waals surface area contributed by atoms with Crippen LogP contribution in [0.2, 0.25) is 0 Å². The second-order valence-electron chi connectivity index (χ2n) is 6.31. The maximum Gasteiger partial charge on any atom is 0.270 e. The monoisotopic (exact) mass is 263 g/mol. The van der Waals surface area contributed by atoms with Gasteiger partial charge in [-0.15, -0.1) is 0 Å². The Kier molecular flexibility index (Phi) is 3.88. The first-order chi connectivity index (χ1) is 8.93. The third-order valence-corrected chi connectivity index (χ3v) is 4.01. The molecule has 1 aliphatic rings. The Balaban J connectivity index is 2.12. The van der Waals surface area contributed by atoms with E-state index in [-0.39, 0.29) is 5.91 Å². The minimum Gasteiger partial charge on any atom is -0.397 e. The molecule has 4 heteroatoms. The van der Waals surface area contributed by atoms with Crippen LogP contribution in [0.15, 0.2) is 12.3 Å². The van der Waals surface area contributed by atoms with Crippen LogP contribution in [0, 0.1) is 5.41 Å². The van der Waals surface area contributed by atoms with E-state index in [0.29, 0.717) is 11.1 Å². The molecule has 2 rings (SSSR count). The van der Waals surface area contributed by atoms with Crippen molar-refractivity contribution >= 4 is 11.6 Å². The van der Waals surface area contributed by atoms with Crippen LogP contribution in [0.3, 0.4) is 0 Å². The number of carbonyl (C=O) groups excluding carboxylic acids is 1. The number of nitrogens with zero attached hydrogens (tertiary/aromatic N) is 2. The van der Waals surface area contributed by atoms with Crippen molar-refractivity contribution in [3.8, 4) is 0 Å². The molecule has 0 aromatic carbocycles. The van der Waals surface area contributed by atoms with E-state index >= 15 is 0 Å². The molecule has 0 aliphatic carbocycles. The van der Waals surface area contributed by atoms with Gasteiger partial charge in [-0.3, -0.25) is 4.79 Å². The number of carbonyl (C=O) groups is 1. The van der Waals surface area contributed by atoms with E-state index in [1.807, 2.05) is 15.7 Å². The highest BCUT2D eigenvalue weighted by molar-refractivity contribution is 5.93. The van der Waals surface area contributed by atoms with Gasteiger partial charge in [-0.05, 0) is 30.7 Å². The summed E-state index contributed by atoms with van der Waals surface area (Å²) in [5.74, 6) is 0.126. The van der Waals surface area contributed by atoms with Gasteiger partial charge in [0.1, 0.15) is 5.69 Å². The summed E-state index contributed by atoms with van der Waals surface area (Å²) in [5, 5.41) is 0. The normalized spacial score (nSPS) is 18.6. The molecule has 1 aliphatic heterocycles. The van der Waals surface area contributed by atoms with Gasteiger partial charge in [0.15, 0.2) is 0 Å². The predicted octanol–water partition coefficient (Wildman–Crippen LogP) is 2.74. The molecular formula is C15H25N3O. The molecular weight excluding hydrogens is 238 g/mol. The lowest BCUT2D eigenvalue weighted by molar-refractivity contribution is 0.0619. The molecule has 1 aromatic heterocycles. The van der Waals surface area contributed by atoms with Crippen molar-refractivity contribution in [2.75, 3.05) is 18.8 Å². The highest BCUT2D eigenvalue weighted by atomic mass is 16.2. The van der Waals surface area contributed by atoms with Crippen LogP contribution >= 0.6 is 0 Å². The van der Waals surface area contributed by atoms with E-state index in [0.717, 1.165) is 44.6 Å². The van der Waals surface area contributed by atoms with Crippen LogP contribution < -0.4 is 5.73 Å². The number of aromatic nitrogens is 1. The Morgan fingerprint density at radius 2 is 2.00 bits per heavy atom. The average molecular weight is 263 g/mol. The molecule has 2 N–H and O–H groups in total. The fourth-order valence-electron chi connectivity index (χ4n) is 2.62. The summed E-state index contributed by atoms with van der Waals surface area (Å²) in [6.45, 7) is 9.19. The molecule has 0 atom stereocenters. The molecule has 0 unspecified atom stereocenters. The van der Waals surface area contributed by atoms with E-state index in [1.54, 1.807) is 6.07 Å². The number of hydrogen-bond donors (Lipinski definition) is 1. The second kappa shape index (κ2) is 5.27. The molecule has 4 nitrogen and oxygen atoms in total. The first kappa shape index (κ1) is 14.0. The van der Waals surface area contributed by atoms with E-state index in [9.17, 15) is 4.79 Å². The van der Waals surface area contributed by atoms with E-state index < -0.39 is 0 Å². The second-order valence-corrected chi connectivity index (χ2v) is 6.31. The average Bonchev–Trinajstić information content (AvgIpc) is 2.70. The molecule has 1 fully saturated rings. The van der Waals surface area contributed by atoms with Crippen LogP contribution in [0.25, 0.3) is 0 Å². The number of amides is 1. The number of rotatable bonds is 3. The summed E-state index contributed by atoms with van der Waals surface area (Å²) in [4.78, 5) is 14.5. The number of piperidine rings is 1. The van der Waals surface area contributed by atoms with Crippen LogP contribution in [-0.2, 0) is 6.54 Å². The number of nitrogen functional groups attached to an aromatic ring is 1. The van der Waals surface area contributed by atoms with Crippen molar-refractivity contribution in [3.63, 3.8) is 0 Å². The molecule has 19 heavy (non-hydrogen) atoms. The summed E-state index contributed by atoms with van der Waals surface area (Å²) in [6, 6.07) is 1.80. The maximum atomic E-state index is 12.6. The van der Waals surface area contributed by atoms with E-state index in [4.69, 9.17) is 5.73 Å². The minimum absolute atomic E-state index is 0.126. The summed E-state index contributed by atoms with van der Waals surface area (Å²) in [7, 11) is 0. The lowest BCUT2D eigenvalue weighted by Gasteiger charge is -2.37. The van der Waals surface area contributed by atoms with Crippen LogP contribution in [-0.4, -0.2) is 28.5 Å². The molecule has 106 valence electrons. The van der Waals surface area contributed by atoms with Gasteiger partial charge in [0, 0.05) is 25.8 Å². The van der Waals surface area contributed by atoms with Crippen LogP contribution in [0.4, 0.5) is 5.69 Å². The highest BCUT2D eigenvalue weighted by Crippen LogP contribution is 2.30. The highest BCUT2D eigenvalue weighted by Gasteiger charge is 2.29. The quantitative estimate of drug-likeness (QED) is 0.911. The van der Waals surface area contributed by atoms with Gasteiger partial charge in [-0.25, -0.2) is 0 Å². The van der Waals surface area contributed by atoms with Crippen molar-refractivity contribution in [2.45, 2.75) is 46.6 Å². The fraction of sp³-hybridized carbons (Fsp3) is 0.667. The van der Waals surface area contributed by atoms with Crippen molar-refractivity contribution in [1.29, 1.82) is 0 Å². The van der Waals surface area contributed by atoms with Crippen LogP contribution in [0.1, 0.15) is 50.5 Å². The van der Waals surface area contributed by atoms with Gasteiger partial charge in [0.2, 0.25) is 0 Å². The number of nitrogens with two attached hydrogens (primary N) is 1. The van der Waals surface area contributed by atoms with Gasteiger partial charge < -0.3 is 15.2 Å². The fourth-order valence-corrected chi connectivity index (χ4v) is 2.62. The van der Waals surface area contributed by atoms with Gasteiger partial charge in [-0.2, -0.15) is 0 Å². The Morgan fingerprint density at radius 1 is 1.37 bits per heavy atom. The Labute approximate surface area is 115 Å². The largest absolute Gasteiger partial charge is 0.397 e. The summed E-state index contributed by atoms with van der Waals surface area (Å²) >= 11 is 0. The molecule has 0 spiro atoms. The number of likely N-dealkylation sites (tertiary alicyclic amines) is 1. The molecule has 1 saturated heterocycles. The molecule has 0 bridgehead atoms. The van der Waals surface area contributed by atoms with Crippen molar-refractivity contribution in [1.82, 2.24) is 9.47 Å². The molecule has 0 radical (unpaired) electrons. The summed E-state index contributed by atoms with van der Waals surface area (Å²) < 4.78 is 1.98. The zero-order valence-corrected chi connectivity index (χ0v) is 12.3. The van der Waals surface area contributed by atoms with Gasteiger partial charge in [-0.1, -0.05) is 20.8 Å². The smallest absolute Gasteiger partial charge is 0.270 e. The zero-order chi connectivity index (χ0) is 14.0. The summed E-state index contributed by atoms with van der Waals surface area (Å²) in [5.41, 5.74) is 7.60. The minimum atomic E-state index is 0.126. The topological polar surface area (TPSA) is 51.3 Å². The zero-order valence-electron chi connectivity index (χ0n) is 12.3. The lowest BCUT2D eigenvalue weighted by Crippen LogP contribution is -2.41. The number of anilines is 1.